The van der Waals surface area contributed by atoms with Crippen LogP contribution in [0.2, 0.25) is 0 Å². The molecule has 0 aliphatic heterocycles. The van der Waals surface area contributed by atoms with Gasteiger partial charge in [0.05, 0.1) is 17.3 Å². The van der Waals surface area contributed by atoms with Crippen molar-refractivity contribution in [3.8, 4) is 0 Å². The van der Waals surface area contributed by atoms with Crippen molar-refractivity contribution >= 4 is 22.8 Å². The molecule has 0 unspecified atom stereocenters. The van der Waals surface area contributed by atoms with Crippen LogP contribution in [-0.4, -0.2) is 18.3 Å². The molecule has 0 aliphatic carbocycles. The largest absolute Gasteiger partial charge is 0.469 e. The molecular formula is C11H12N2O2S. The van der Waals surface area contributed by atoms with E-state index < -0.39 is 0 Å². The molecule has 0 saturated heterocycles. The lowest BCUT2D eigenvalue weighted by atomic mass is 10.2. The summed E-state index contributed by atoms with van der Waals surface area (Å²) in [4.78, 5) is 17.4. The Morgan fingerprint density at radius 1 is 1.62 bits per heavy atom. The monoisotopic (exact) mass is 236 g/mol. The molecule has 4 nitrogen and oxygen atoms in total. The summed E-state index contributed by atoms with van der Waals surface area (Å²) in [5.41, 5.74) is 1.13. The van der Waals surface area contributed by atoms with E-state index in [1.807, 2.05) is 24.9 Å². The van der Waals surface area contributed by atoms with Crippen LogP contribution in [0.25, 0.3) is 0 Å². The van der Waals surface area contributed by atoms with Crippen LogP contribution < -0.4 is 4.90 Å². The predicted octanol–water partition coefficient (Wildman–Crippen LogP) is 2.49. The van der Waals surface area contributed by atoms with Gasteiger partial charge in [-0.1, -0.05) is 11.3 Å². The Balaban J connectivity index is 2.11. The van der Waals surface area contributed by atoms with Crippen LogP contribution in [0.3, 0.4) is 0 Å². The van der Waals surface area contributed by atoms with E-state index in [2.05, 4.69) is 4.98 Å². The van der Waals surface area contributed by atoms with E-state index in [-0.39, 0.29) is 0 Å². The van der Waals surface area contributed by atoms with Crippen molar-refractivity contribution in [1.82, 2.24) is 4.98 Å². The van der Waals surface area contributed by atoms with E-state index in [0.29, 0.717) is 4.88 Å². The van der Waals surface area contributed by atoms with Crippen molar-refractivity contribution in [3.63, 3.8) is 0 Å². The van der Waals surface area contributed by atoms with E-state index in [1.54, 1.807) is 12.5 Å². The van der Waals surface area contributed by atoms with Crippen molar-refractivity contribution in [1.29, 1.82) is 0 Å². The number of aromatic nitrogens is 1. The lowest BCUT2D eigenvalue weighted by molar-refractivity contribution is 0.112. The molecule has 0 N–H and O–H groups in total. The molecule has 0 spiro atoms. The first kappa shape index (κ1) is 10.9. The Bertz CT molecular complexity index is 490. The van der Waals surface area contributed by atoms with E-state index >= 15 is 0 Å². The van der Waals surface area contributed by atoms with Crippen molar-refractivity contribution in [3.05, 3.63) is 34.7 Å². The van der Waals surface area contributed by atoms with Gasteiger partial charge >= 0.3 is 0 Å². The topological polar surface area (TPSA) is 46.3 Å². The quantitative estimate of drug-likeness (QED) is 0.765. The Kier molecular flexibility index (Phi) is 3.05. The zero-order chi connectivity index (χ0) is 11.5. The van der Waals surface area contributed by atoms with Gasteiger partial charge in [-0.2, -0.15) is 0 Å². The number of hydrogen-bond donors (Lipinski definition) is 0. The smallest absolute Gasteiger partial charge is 0.185 e. The molecule has 2 rings (SSSR count). The molecule has 0 atom stereocenters. The van der Waals surface area contributed by atoms with Gasteiger partial charge in [0.1, 0.15) is 5.76 Å². The highest BCUT2D eigenvalue weighted by Gasteiger charge is 2.09. The Morgan fingerprint density at radius 2 is 2.44 bits per heavy atom. The first-order valence-electron chi connectivity index (χ1n) is 4.86. The van der Waals surface area contributed by atoms with Gasteiger partial charge in [-0.15, -0.1) is 0 Å². The normalized spacial score (nSPS) is 10.4. The fraction of sp³-hybridized carbons (Fsp3) is 0.273. The molecule has 0 aromatic carbocycles. The molecule has 0 saturated carbocycles. The van der Waals surface area contributed by atoms with Crippen molar-refractivity contribution < 1.29 is 9.21 Å². The first-order valence-corrected chi connectivity index (χ1v) is 5.67. The molecule has 2 aromatic rings. The van der Waals surface area contributed by atoms with Gasteiger partial charge in [-0.25, -0.2) is 4.98 Å². The summed E-state index contributed by atoms with van der Waals surface area (Å²) in [6, 6.07) is 1.94. The van der Waals surface area contributed by atoms with Crippen LogP contribution >= 0.6 is 11.3 Å². The average Bonchev–Trinajstić information content (AvgIpc) is 2.88. The minimum Gasteiger partial charge on any atom is -0.469 e. The molecule has 0 bridgehead atoms. The summed E-state index contributed by atoms with van der Waals surface area (Å²) in [7, 11) is 1.94. The number of furan rings is 1. The fourth-order valence-corrected chi connectivity index (χ4v) is 2.10. The molecule has 5 heteroatoms. The van der Waals surface area contributed by atoms with Crippen LogP contribution in [0.15, 0.2) is 22.9 Å². The molecule has 16 heavy (non-hydrogen) atoms. The summed E-state index contributed by atoms with van der Waals surface area (Å²) >= 11 is 1.38. The molecule has 0 amide bonds. The van der Waals surface area contributed by atoms with E-state index in [1.165, 1.54) is 11.3 Å². The maximum absolute atomic E-state index is 10.6. The highest BCUT2D eigenvalue weighted by atomic mass is 32.1. The Labute approximate surface area is 97.5 Å². The van der Waals surface area contributed by atoms with E-state index in [0.717, 1.165) is 29.3 Å². The van der Waals surface area contributed by atoms with Gasteiger partial charge in [0.25, 0.3) is 0 Å². The number of aldehydes is 1. The summed E-state index contributed by atoms with van der Waals surface area (Å²) in [5.74, 6) is 0.916. The molecule has 84 valence electrons. The van der Waals surface area contributed by atoms with Crippen LogP contribution in [0.4, 0.5) is 5.13 Å². The van der Waals surface area contributed by atoms with Gasteiger partial charge in [0.15, 0.2) is 11.4 Å². The highest BCUT2D eigenvalue weighted by molar-refractivity contribution is 7.17. The second-order valence-electron chi connectivity index (χ2n) is 3.52. The third-order valence-electron chi connectivity index (χ3n) is 2.33. The van der Waals surface area contributed by atoms with Gasteiger partial charge in [-0.3, -0.25) is 4.79 Å². The number of nitrogens with zero attached hydrogens (tertiary/aromatic N) is 2. The van der Waals surface area contributed by atoms with Crippen molar-refractivity contribution in [2.75, 3.05) is 11.9 Å². The van der Waals surface area contributed by atoms with Crippen LogP contribution in [0, 0.1) is 6.92 Å². The van der Waals surface area contributed by atoms with E-state index in [4.69, 9.17) is 4.42 Å². The standard InChI is InChI=1S/C11H12N2O2S/c1-8-9(3-4-15-8)6-13(2)11-12-5-10(7-14)16-11/h3-5,7H,6H2,1-2H3. The summed E-state index contributed by atoms with van der Waals surface area (Å²) < 4.78 is 5.23. The number of rotatable bonds is 4. The molecule has 0 aliphatic rings. The Morgan fingerprint density at radius 3 is 3.00 bits per heavy atom. The minimum absolute atomic E-state index is 0.644. The van der Waals surface area contributed by atoms with Crippen molar-refractivity contribution in [2.45, 2.75) is 13.5 Å². The third-order valence-corrected chi connectivity index (χ3v) is 3.36. The lowest BCUT2D eigenvalue weighted by Crippen LogP contribution is -2.15. The number of thiazole rings is 1. The van der Waals surface area contributed by atoms with Crippen molar-refractivity contribution in [2.24, 2.45) is 0 Å². The second kappa shape index (κ2) is 4.49. The zero-order valence-corrected chi connectivity index (χ0v) is 9.95. The number of hydrogen-bond acceptors (Lipinski definition) is 5. The highest BCUT2D eigenvalue weighted by Crippen LogP contribution is 2.22. The Hall–Kier alpha value is -1.62. The molecule has 0 radical (unpaired) electrons. The lowest BCUT2D eigenvalue weighted by Gasteiger charge is -2.14. The first-order chi connectivity index (χ1) is 7.70. The van der Waals surface area contributed by atoms with E-state index in [9.17, 15) is 4.79 Å². The van der Waals surface area contributed by atoms with Gasteiger partial charge in [-0.05, 0) is 13.0 Å². The minimum atomic E-state index is 0.644. The fourth-order valence-electron chi connectivity index (χ4n) is 1.41. The van der Waals surface area contributed by atoms with Gasteiger partial charge in [0.2, 0.25) is 0 Å². The summed E-state index contributed by atoms with van der Waals surface area (Å²) in [6.07, 6.45) is 4.08. The van der Waals surface area contributed by atoms with Crippen LogP contribution in [0.5, 0.6) is 0 Å². The molecular weight excluding hydrogens is 224 g/mol. The molecule has 2 aromatic heterocycles. The molecule has 0 fully saturated rings. The second-order valence-corrected chi connectivity index (χ2v) is 4.56. The zero-order valence-electron chi connectivity index (χ0n) is 9.14. The maximum Gasteiger partial charge on any atom is 0.185 e. The number of aryl methyl sites for hydroxylation is 1. The SMILES string of the molecule is Cc1occc1CN(C)c1ncc(C=O)s1. The third kappa shape index (κ3) is 2.14. The number of anilines is 1. The number of carbonyl (C=O) groups excluding carboxylic acids is 1. The average molecular weight is 236 g/mol. The van der Waals surface area contributed by atoms with Crippen LogP contribution in [0.1, 0.15) is 21.0 Å². The molecule has 2 heterocycles. The summed E-state index contributed by atoms with van der Waals surface area (Å²) in [5, 5.41) is 0.836. The number of carbonyl (C=O) groups is 1. The van der Waals surface area contributed by atoms with Crippen LogP contribution in [-0.2, 0) is 6.54 Å². The van der Waals surface area contributed by atoms with Gasteiger partial charge < -0.3 is 9.32 Å². The maximum atomic E-state index is 10.6. The van der Waals surface area contributed by atoms with Gasteiger partial charge in [0, 0.05) is 19.2 Å². The predicted molar refractivity (Wildman–Crippen MR) is 63.1 cm³/mol. The summed E-state index contributed by atoms with van der Waals surface area (Å²) in [6.45, 7) is 2.66.